The van der Waals surface area contributed by atoms with Crippen molar-refractivity contribution in [2.75, 3.05) is 0 Å². The molecule has 0 aromatic heterocycles. The van der Waals surface area contributed by atoms with Crippen LogP contribution in [0, 0.1) is 0 Å². The summed E-state index contributed by atoms with van der Waals surface area (Å²) in [6, 6.07) is -1.04. The van der Waals surface area contributed by atoms with E-state index in [0.717, 1.165) is 13.8 Å². The van der Waals surface area contributed by atoms with E-state index in [0.29, 0.717) is 0 Å². The number of ether oxygens (including phenoxy) is 2. The number of ketones is 1. The van der Waals surface area contributed by atoms with Crippen molar-refractivity contribution < 1.29 is 32.2 Å². The second kappa shape index (κ2) is 7.33. The highest BCUT2D eigenvalue weighted by molar-refractivity contribution is 14.1. The molecule has 9 heteroatoms. The third-order valence-corrected chi connectivity index (χ3v) is 3.33. The number of carbonyl (C=O) groups excluding carboxylic acids is 2. The van der Waals surface area contributed by atoms with Gasteiger partial charge in [0.2, 0.25) is 0 Å². The summed E-state index contributed by atoms with van der Waals surface area (Å²) >= 11 is 1.46. The maximum Gasteiger partial charge on any atom is 0.416 e. The maximum absolute atomic E-state index is 12.7. The molecule has 1 N–H and O–H groups in total. The Labute approximate surface area is 141 Å². The van der Waals surface area contributed by atoms with Crippen LogP contribution in [0.15, 0.2) is 0 Å². The topological polar surface area (TPSA) is 64.6 Å². The summed E-state index contributed by atoms with van der Waals surface area (Å²) in [4.78, 5) is 23.5. The molecule has 0 spiro atoms. The number of halogens is 4. The molecule has 0 heterocycles. The Bertz CT molecular complexity index is 418. The Balaban J connectivity index is 4.67. The summed E-state index contributed by atoms with van der Waals surface area (Å²) in [5.41, 5.74) is -3.22. The molecule has 22 heavy (non-hydrogen) atoms. The molecule has 0 aliphatic carbocycles. The zero-order chi connectivity index (χ0) is 17.9. The fourth-order valence-electron chi connectivity index (χ4n) is 1.14. The molecule has 0 saturated carbocycles. The minimum Gasteiger partial charge on any atom is -0.444 e. The van der Waals surface area contributed by atoms with Gasteiger partial charge in [0.1, 0.15) is 5.60 Å². The monoisotopic (exact) mass is 439 g/mol. The van der Waals surface area contributed by atoms with Gasteiger partial charge in [-0.3, -0.25) is 4.79 Å². The van der Waals surface area contributed by atoms with Crippen LogP contribution in [-0.4, -0.2) is 39.4 Å². The van der Waals surface area contributed by atoms with Crippen LogP contribution >= 0.6 is 22.6 Å². The number of alkyl halides is 4. The highest BCUT2D eigenvalue weighted by Crippen LogP contribution is 2.35. The number of Topliss-reactive ketones (excluding diaryl/α,β-unsaturated/α-hetero) is 1. The molecule has 0 aromatic rings. The molecule has 0 fully saturated rings. The van der Waals surface area contributed by atoms with Gasteiger partial charge in [-0.25, -0.2) is 4.79 Å². The van der Waals surface area contributed by atoms with Crippen molar-refractivity contribution in [3.63, 3.8) is 0 Å². The molecule has 0 aliphatic rings. The lowest BCUT2D eigenvalue weighted by atomic mass is 10.1. The zero-order valence-electron chi connectivity index (χ0n) is 13.3. The van der Waals surface area contributed by atoms with Gasteiger partial charge in [-0.05, 0) is 64.1 Å². The van der Waals surface area contributed by atoms with Crippen molar-refractivity contribution >= 4 is 34.5 Å². The largest absolute Gasteiger partial charge is 0.444 e. The third-order valence-electron chi connectivity index (χ3n) is 2.46. The predicted octanol–water partition coefficient (Wildman–Crippen LogP) is 3.59. The summed E-state index contributed by atoms with van der Waals surface area (Å²) in [5, 5.41) is 2.26. The van der Waals surface area contributed by atoms with Gasteiger partial charge in [-0.15, -0.1) is 0 Å². The van der Waals surface area contributed by atoms with Gasteiger partial charge in [-0.2, -0.15) is 13.2 Å². The first kappa shape index (κ1) is 21.4. The van der Waals surface area contributed by atoms with E-state index >= 15 is 0 Å². The van der Waals surface area contributed by atoms with Gasteiger partial charge in [-0.1, -0.05) is 0 Å². The Hall–Kier alpha value is -0.580. The molecular formula is C13H21F3INO4. The van der Waals surface area contributed by atoms with Gasteiger partial charge in [0.25, 0.3) is 0 Å². The molecule has 130 valence electrons. The van der Waals surface area contributed by atoms with Crippen LogP contribution in [0.3, 0.4) is 0 Å². The SMILES string of the molecule is C[C@H](NC(=O)OC(C)(C)C)C(=O)C(I)OC(C)(C)C(F)(F)F. The van der Waals surface area contributed by atoms with E-state index in [1.807, 2.05) is 0 Å². The second-order valence-corrected chi connectivity index (χ2v) is 7.34. The summed E-state index contributed by atoms with van der Waals surface area (Å²) in [5.74, 6) is -0.691. The average Bonchev–Trinajstić information content (AvgIpc) is 2.22. The summed E-state index contributed by atoms with van der Waals surface area (Å²) in [6.07, 6.45) is -5.44. The minimum atomic E-state index is -4.61. The number of nitrogens with one attached hydrogen (secondary N) is 1. The van der Waals surface area contributed by atoms with E-state index in [1.165, 1.54) is 29.5 Å². The normalized spacial score (nSPS) is 15.9. The molecule has 0 aliphatic heterocycles. The van der Waals surface area contributed by atoms with Crippen LogP contribution in [0.4, 0.5) is 18.0 Å². The van der Waals surface area contributed by atoms with E-state index in [4.69, 9.17) is 9.47 Å². The fraction of sp³-hybridized carbons (Fsp3) is 0.846. The van der Waals surface area contributed by atoms with Crippen LogP contribution in [0.1, 0.15) is 41.5 Å². The van der Waals surface area contributed by atoms with Gasteiger partial charge in [0, 0.05) is 0 Å². The first-order chi connectivity index (χ1) is 9.57. The zero-order valence-corrected chi connectivity index (χ0v) is 15.5. The fourth-order valence-corrected chi connectivity index (χ4v) is 2.31. The first-order valence-electron chi connectivity index (χ1n) is 6.48. The first-order valence-corrected chi connectivity index (χ1v) is 7.73. The van der Waals surface area contributed by atoms with Gasteiger partial charge >= 0.3 is 12.3 Å². The molecule has 0 aromatic carbocycles. The van der Waals surface area contributed by atoms with Gasteiger partial charge in [0.15, 0.2) is 15.5 Å². The molecular weight excluding hydrogens is 418 g/mol. The molecule has 5 nitrogen and oxygen atoms in total. The molecule has 1 amide bonds. The summed E-state index contributed by atoms with van der Waals surface area (Å²) < 4.78 is 46.6. The highest BCUT2D eigenvalue weighted by atomic mass is 127. The molecule has 0 radical (unpaired) electrons. The van der Waals surface area contributed by atoms with Crippen molar-refractivity contribution in [3.8, 4) is 0 Å². The van der Waals surface area contributed by atoms with Crippen LogP contribution in [-0.2, 0) is 14.3 Å². The number of amides is 1. The number of rotatable bonds is 5. The minimum absolute atomic E-state index is 0.691. The molecule has 0 saturated heterocycles. The van der Waals surface area contributed by atoms with Crippen molar-refractivity contribution in [2.24, 2.45) is 0 Å². The van der Waals surface area contributed by atoms with E-state index in [1.54, 1.807) is 20.8 Å². The van der Waals surface area contributed by atoms with Crippen LogP contribution in [0.5, 0.6) is 0 Å². The molecule has 0 rings (SSSR count). The van der Waals surface area contributed by atoms with E-state index in [9.17, 15) is 22.8 Å². The van der Waals surface area contributed by atoms with Crippen molar-refractivity contribution in [1.29, 1.82) is 0 Å². The third kappa shape index (κ3) is 7.12. The lowest BCUT2D eigenvalue weighted by Gasteiger charge is -2.30. The number of carbonyl (C=O) groups is 2. The average molecular weight is 439 g/mol. The second-order valence-electron chi connectivity index (χ2n) is 6.21. The van der Waals surface area contributed by atoms with Crippen molar-refractivity contribution in [3.05, 3.63) is 0 Å². The molecule has 0 bridgehead atoms. The summed E-state index contributed by atoms with van der Waals surface area (Å²) in [7, 11) is 0. The number of alkyl carbamates (subject to hydrolysis) is 1. The molecule has 1 unspecified atom stereocenters. The Kier molecular flexibility index (Phi) is 7.13. The van der Waals surface area contributed by atoms with Crippen molar-refractivity contribution in [2.45, 2.75) is 69.1 Å². The maximum atomic E-state index is 12.7. The lowest BCUT2D eigenvalue weighted by Crippen LogP contribution is -2.49. The van der Waals surface area contributed by atoms with E-state index in [-0.39, 0.29) is 0 Å². The van der Waals surface area contributed by atoms with Crippen LogP contribution < -0.4 is 5.32 Å². The van der Waals surface area contributed by atoms with Crippen LogP contribution in [0.2, 0.25) is 0 Å². The van der Waals surface area contributed by atoms with E-state index < -0.39 is 39.4 Å². The van der Waals surface area contributed by atoms with Crippen LogP contribution in [0.25, 0.3) is 0 Å². The van der Waals surface area contributed by atoms with Crippen molar-refractivity contribution in [1.82, 2.24) is 5.32 Å². The van der Waals surface area contributed by atoms with Gasteiger partial charge in [0.05, 0.1) is 6.04 Å². The predicted molar refractivity (Wildman–Crippen MR) is 82.9 cm³/mol. The Morgan fingerprint density at radius 3 is 1.91 bits per heavy atom. The summed E-state index contributed by atoms with van der Waals surface area (Å²) in [6.45, 7) is 7.96. The lowest BCUT2D eigenvalue weighted by molar-refractivity contribution is -0.263. The molecule has 2 atom stereocenters. The quantitative estimate of drug-likeness (QED) is 0.526. The Morgan fingerprint density at radius 1 is 1.09 bits per heavy atom. The van der Waals surface area contributed by atoms with Gasteiger partial charge < -0.3 is 14.8 Å². The highest BCUT2D eigenvalue weighted by Gasteiger charge is 2.50. The van der Waals surface area contributed by atoms with E-state index in [2.05, 4.69) is 5.32 Å². The number of hydrogen-bond acceptors (Lipinski definition) is 4. The number of hydrogen-bond donors (Lipinski definition) is 1. The Morgan fingerprint density at radius 2 is 1.55 bits per heavy atom. The smallest absolute Gasteiger partial charge is 0.416 e. The standard InChI is InChI=1S/C13H21F3INO4/c1-7(18-10(20)22-11(2,3)4)8(19)9(17)21-12(5,6)13(14,15)16/h7,9H,1-6H3,(H,18,20)/t7-,9?/m0/s1.